The van der Waals surface area contributed by atoms with Gasteiger partial charge in [0, 0.05) is 24.5 Å². The van der Waals surface area contributed by atoms with E-state index in [0.717, 1.165) is 42.9 Å². The standard InChI is InChI=1S/C14H16N2O/c1-2-16-12-8-4-3-6-10(12)13(14(16)17)11-7-5-9-15-11/h3-4,6,8,13H,2,5,7,9H2,1H3. The van der Waals surface area contributed by atoms with E-state index in [1.807, 2.05) is 30.0 Å². The van der Waals surface area contributed by atoms with Gasteiger partial charge in [0.15, 0.2) is 0 Å². The van der Waals surface area contributed by atoms with Crippen LogP contribution in [0.4, 0.5) is 5.69 Å². The molecule has 17 heavy (non-hydrogen) atoms. The van der Waals surface area contributed by atoms with E-state index in [0.29, 0.717) is 0 Å². The third-order valence-electron chi connectivity index (χ3n) is 3.61. The van der Waals surface area contributed by atoms with Gasteiger partial charge in [-0.1, -0.05) is 18.2 Å². The van der Waals surface area contributed by atoms with Crippen molar-refractivity contribution >= 4 is 17.3 Å². The van der Waals surface area contributed by atoms with E-state index >= 15 is 0 Å². The van der Waals surface area contributed by atoms with Crippen molar-refractivity contribution in [3.05, 3.63) is 29.8 Å². The predicted molar refractivity (Wildman–Crippen MR) is 68.7 cm³/mol. The van der Waals surface area contributed by atoms with Crippen molar-refractivity contribution in [1.29, 1.82) is 0 Å². The van der Waals surface area contributed by atoms with Crippen LogP contribution >= 0.6 is 0 Å². The first-order chi connectivity index (χ1) is 8.33. The Labute approximate surface area is 101 Å². The molecular weight excluding hydrogens is 212 g/mol. The molecule has 3 rings (SSSR count). The molecule has 0 N–H and O–H groups in total. The molecule has 0 bridgehead atoms. The average Bonchev–Trinajstić information content (AvgIpc) is 2.93. The summed E-state index contributed by atoms with van der Waals surface area (Å²) in [6.07, 6.45) is 2.07. The van der Waals surface area contributed by atoms with Gasteiger partial charge in [0.25, 0.3) is 0 Å². The third-order valence-corrected chi connectivity index (χ3v) is 3.61. The smallest absolute Gasteiger partial charge is 0.240 e. The second-order valence-corrected chi connectivity index (χ2v) is 4.55. The van der Waals surface area contributed by atoms with Crippen LogP contribution in [0.15, 0.2) is 29.3 Å². The fourth-order valence-corrected chi connectivity index (χ4v) is 2.83. The van der Waals surface area contributed by atoms with Crippen LogP contribution in [0.1, 0.15) is 31.2 Å². The lowest BCUT2D eigenvalue weighted by Crippen LogP contribution is -2.30. The van der Waals surface area contributed by atoms with Crippen LogP contribution in [0.3, 0.4) is 0 Å². The van der Waals surface area contributed by atoms with Crippen LogP contribution in [-0.4, -0.2) is 24.7 Å². The fourth-order valence-electron chi connectivity index (χ4n) is 2.83. The Bertz CT molecular complexity index is 493. The molecule has 1 amide bonds. The lowest BCUT2D eigenvalue weighted by atomic mass is 9.94. The van der Waals surface area contributed by atoms with Crippen LogP contribution in [0.25, 0.3) is 0 Å². The highest BCUT2D eigenvalue weighted by Gasteiger charge is 2.39. The Kier molecular flexibility index (Phi) is 2.46. The van der Waals surface area contributed by atoms with Crippen LogP contribution in [0.5, 0.6) is 0 Å². The topological polar surface area (TPSA) is 32.7 Å². The van der Waals surface area contributed by atoms with Crippen molar-refractivity contribution in [2.75, 3.05) is 18.0 Å². The van der Waals surface area contributed by atoms with Crippen molar-refractivity contribution in [3.8, 4) is 0 Å². The van der Waals surface area contributed by atoms with Gasteiger partial charge in [-0.15, -0.1) is 0 Å². The first kappa shape index (κ1) is 10.5. The molecule has 0 fully saturated rings. The molecule has 2 aliphatic heterocycles. The molecule has 0 aromatic heterocycles. The summed E-state index contributed by atoms with van der Waals surface area (Å²) < 4.78 is 0. The number of rotatable bonds is 2. The van der Waals surface area contributed by atoms with Crippen molar-refractivity contribution in [3.63, 3.8) is 0 Å². The van der Waals surface area contributed by atoms with Gasteiger partial charge in [-0.25, -0.2) is 0 Å². The summed E-state index contributed by atoms with van der Waals surface area (Å²) in [5.74, 6) is 0.1000. The molecule has 1 aromatic carbocycles. The van der Waals surface area contributed by atoms with Crippen molar-refractivity contribution in [2.45, 2.75) is 25.7 Å². The zero-order chi connectivity index (χ0) is 11.8. The van der Waals surface area contributed by atoms with Gasteiger partial charge in [0.1, 0.15) is 5.92 Å². The number of carbonyl (C=O) groups excluding carboxylic acids is 1. The molecule has 0 radical (unpaired) electrons. The number of hydrogen-bond donors (Lipinski definition) is 0. The first-order valence-corrected chi connectivity index (χ1v) is 6.26. The van der Waals surface area contributed by atoms with Gasteiger partial charge < -0.3 is 4.90 Å². The van der Waals surface area contributed by atoms with Gasteiger partial charge in [-0.05, 0) is 31.4 Å². The number of carbonyl (C=O) groups is 1. The number of fused-ring (bicyclic) bond motifs is 1. The minimum Gasteiger partial charge on any atom is -0.312 e. The van der Waals surface area contributed by atoms with E-state index in [9.17, 15) is 4.79 Å². The maximum atomic E-state index is 12.4. The molecule has 0 spiro atoms. The fraction of sp³-hybridized carbons (Fsp3) is 0.429. The van der Waals surface area contributed by atoms with E-state index in [1.165, 1.54) is 0 Å². The van der Waals surface area contributed by atoms with Gasteiger partial charge in [0.05, 0.1) is 0 Å². The van der Waals surface area contributed by atoms with Crippen LogP contribution in [-0.2, 0) is 4.79 Å². The molecule has 2 aliphatic rings. The SMILES string of the molecule is CCN1C(=O)C(C2=NCCC2)c2ccccc21. The lowest BCUT2D eigenvalue weighted by molar-refractivity contribution is -0.117. The molecule has 3 nitrogen and oxygen atoms in total. The number of likely N-dealkylation sites (N-methyl/N-ethyl adjacent to an activating group) is 1. The maximum absolute atomic E-state index is 12.4. The quantitative estimate of drug-likeness (QED) is 0.765. The number of anilines is 1. The highest BCUT2D eigenvalue weighted by Crippen LogP contribution is 2.39. The number of benzene rings is 1. The summed E-state index contributed by atoms with van der Waals surface area (Å²) in [6.45, 7) is 3.64. The van der Waals surface area contributed by atoms with Crippen LogP contribution in [0, 0.1) is 0 Å². The van der Waals surface area contributed by atoms with E-state index in [2.05, 4.69) is 11.1 Å². The highest BCUT2D eigenvalue weighted by atomic mass is 16.2. The van der Waals surface area contributed by atoms with Crippen LogP contribution in [0.2, 0.25) is 0 Å². The van der Waals surface area contributed by atoms with Crippen molar-refractivity contribution < 1.29 is 4.79 Å². The van der Waals surface area contributed by atoms with Crippen molar-refractivity contribution in [2.24, 2.45) is 4.99 Å². The van der Waals surface area contributed by atoms with Gasteiger partial charge in [0.2, 0.25) is 5.91 Å². The van der Waals surface area contributed by atoms with Gasteiger partial charge in [-0.3, -0.25) is 9.79 Å². The Morgan fingerprint density at radius 2 is 2.24 bits per heavy atom. The zero-order valence-electron chi connectivity index (χ0n) is 10.0. The highest BCUT2D eigenvalue weighted by molar-refractivity contribution is 6.19. The molecule has 1 unspecified atom stereocenters. The van der Waals surface area contributed by atoms with Gasteiger partial charge >= 0.3 is 0 Å². The number of amides is 1. The number of aliphatic imine (C=N–C) groups is 1. The van der Waals surface area contributed by atoms with Crippen LogP contribution < -0.4 is 4.90 Å². The summed E-state index contributed by atoms with van der Waals surface area (Å²) >= 11 is 0. The maximum Gasteiger partial charge on any atom is 0.240 e. The minimum absolute atomic E-state index is 0.103. The molecule has 88 valence electrons. The van der Waals surface area contributed by atoms with E-state index in [4.69, 9.17) is 0 Å². The zero-order valence-corrected chi connectivity index (χ0v) is 10.0. The van der Waals surface area contributed by atoms with E-state index < -0.39 is 0 Å². The van der Waals surface area contributed by atoms with Crippen molar-refractivity contribution in [1.82, 2.24) is 0 Å². The normalized spacial score (nSPS) is 22.9. The Hall–Kier alpha value is -1.64. The molecule has 1 atom stereocenters. The number of para-hydroxylation sites is 1. The van der Waals surface area contributed by atoms with Gasteiger partial charge in [-0.2, -0.15) is 0 Å². The average molecular weight is 228 g/mol. The van der Waals surface area contributed by atoms with E-state index in [1.54, 1.807) is 0 Å². The number of hydrogen-bond acceptors (Lipinski definition) is 2. The summed E-state index contributed by atoms with van der Waals surface area (Å²) in [5, 5.41) is 0. The lowest BCUT2D eigenvalue weighted by Gasteiger charge is -2.15. The second kappa shape index (κ2) is 3.99. The Balaban J connectivity index is 2.08. The third kappa shape index (κ3) is 1.49. The Morgan fingerprint density at radius 3 is 2.94 bits per heavy atom. The molecule has 2 heterocycles. The first-order valence-electron chi connectivity index (χ1n) is 6.26. The predicted octanol–water partition coefficient (Wildman–Crippen LogP) is 2.37. The molecular formula is C14H16N2O. The molecule has 0 aliphatic carbocycles. The summed E-state index contributed by atoms with van der Waals surface area (Å²) in [5.41, 5.74) is 3.29. The number of nitrogens with zero attached hydrogens (tertiary/aromatic N) is 2. The molecule has 1 aromatic rings. The summed E-state index contributed by atoms with van der Waals surface area (Å²) in [4.78, 5) is 18.8. The van der Waals surface area contributed by atoms with E-state index in [-0.39, 0.29) is 11.8 Å². The summed E-state index contributed by atoms with van der Waals surface area (Å²) in [6, 6.07) is 8.10. The second-order valence-electron chi connectivity index (χ2n) is 4.55. The molecule has 0 saturated carbocycles. The monoisotopic (exact) mass is 228 g/mol. The largest absolute Gasteiger partial charge is 0.312 e. The minimum atomic E-state index is -0.103. The summed E-state index contributed by atoms with van der Waals surface area (Å²) in [7, 11) is 0. The Morgan fingerprint density at radius 1 is 1.41 bits per heavy atom. The molecule has 3 heteroatoms. The molecule has 0 saturated heterocycles.